The smallest absolute Gasteiger partial charge is 0.292 e. The predicted molar refractivity (Wildman–Crippen MR) is 47.9 cm³/mol. The van der Waals surface area contributed by atoms with E-state index in [-0.39, 0.29) is 13.0 Å². The van der Waals surface area contributed by atoms with Crippen LogP contribution in [-0.2, 0) is 14.9 Å². The zero-order valence-corrected chi connectivity index (χ0v) is 8.62. The second kappa shape index (κ2) is 5.54. The summed E-state index contributed by atoms with van der Waals surface area (Å²) >= 11 is 0. The summed E-state index contributed by atoms with van der Waals surface area (Å²) in [5.41, 5.74) is -1.22. The standard InChI is InChI=1S/C7H16O5S/c1-3-4-7(13(9,10)11)12-5-6(2)8/h6-8H,3-5H2,1-2H3,(H,9,10,11). The van der Waals surface area contributed by atoms with Crippen LogP contribution in [0.1, 0.15) is 26.7 Å². The van der Waals surface area contributed by atoms with Gasteiger partial charge in [-0.15, -0.1) is 0 Å². The maximum Gasteiger partial charge on any atom is 0.292 e. The Morgan fingerprint density at radius 1 is 1.46 bits per heavy atom. The summed E-state index contributed by atoms with van der Waals surface area (Å²) in [4.78, 5) is 0. The predicted octanol–water partition coefficient (Wildman–Crippen LogP) is 0.398. The lowest BCUT2D eigenvalue weighted by atomic mass is 10.3. The molecule has 0 aliphatic rings. The molecule has 6 heteroatoms. The summed E-state index contributed by atoms with van der Waals surface area (Å²) in [7, 11) is -4.16. The van der Waals surface area contributed by atoms with Gasteiger partial charge in [0.2, 0.25) is 0 Å². The topological polar surface area (TPSA) is 83.8 Å². The Morgan fingerprint density at radius 3 is 2.31 bits per heavy atom. The van der Waals surface area contributed by atoms with Crippen LogP contribution >= 0.6 is 0 Å². The van der Waals surface area contributed by atoms with Crippen molar-refractivity contribution in [1.29, 1.82) is 0 Å². The second-order valence-corrected chi connectivity index (χ2v) is 4.47. The quantitative estimate of drug-likeness (QED) is 0.622. The minimum Gasteiger partial charge on any atom is -0.391 e. The molecule has 0 aromatic carbocycles. The van der Waals surface area contributed by atoms with Gasteiger partial charge in [-0.1, -0.05) is 13.3 Å². The van der Waals surface area contributed by atoms with Crippen LogP contribution in [0.5, 0.6) is 0 Å². The van der Waals surface area contributed by atoms with Crippen LogP contribution in [0.3, 0.4) is 0 Å². The van der Waals surface area contributed by atoms with Gasteiger partial charge in [-0.05, 0) is 13.3 Å². The molecular formula is C7H16O5S. The van der Waals surface area contributed by atoms with Crippen molar-refractivity contribution in [3.8, 4) is 0 Å². The highest BCUT2D eigenvalue weighted by Crippen LogP contribution is 2.09. The summed E-state index contributed by atoms with van der Waals surface area (Å²) in [5, 5.41) is 8.83. The fourth-order valence-corrected chi connectivity index (χ4v) is 1.58. The van der Waals surface area contributed by atoms with E-state index in [1.807, 2.05) is 0 Å². The Morgan fingerprint density at radius 2 is 2.00 bits per heavy atom. The Hall–Kier alpha value is -0.170. The van der Waals surface area contributed by atoms with E-state index < -0.39 is 21.7 Å². The minimum atomic E-state index is -4.16. The lowest BCUT2D eigenvalue weighted by Gasteiger charge is -2.14. The summed E-state index contributed by atoms with van der Waals surface area (Å²) in [6.45, 7) is 3.17. The largest absolute Gasteiger partial charge is 0.391 e. The number of hydrogen-bond donors (Lipinski definition) is 2. The zero-order chi connectivity index (χ0) is 10.5. The molecule has 2 unspecified atom stereocenters. The van der Waals surface area contributed by atoms with Crippen molar-refractivity contribution >= 4 is 10.1 Å². The molecule has 0 aromatic heterocycles. The van der Waals surface area contributed by atoms with Crippen molar-refractivity contribution in [2.75, 3.05) is 6.61 Å². The lowest BCUT2D eigenvalue weighted by molar-refractivity contribution is 0.0240. The highest BCUT2D eigenvalue weighted by Gasteiger charge is 2.22. The average Bonchev–Trinajstić information content (AvgIpc) is 1.95. The van der Waals surface area contributed by atoms with Crippen molar-refractivity contribution in [2.24, 2.45) is 0 Å². The van der Waals surface area contributed by atoms with Gasteiger partial charge < -0.3 is 9.84 Å². The zero-order valence-electron chi connectivity index (χ0n) is 7.80. The van der Waals surface area contributed by atoms with Gasteiger partial charge in [-0.3, -0.25) is 4.55 Å². The molecule has 0 spiro atoms. The van der Waals surface area contributed by atoms with E-state index in [2.05, 4.69) is 0 Å². The maximum absolute atomic E-state index is 10.7. The van der Waals surface area contributed by atoms with Gasteiger partial charge in [0.15, 0.2) is 5.44 Å². The van der Waals surface area contributed by atoms with Crippen LogP contribution in [-0.4, -0.2) is 36.2 Å². The van der Waals surface area contributed by atoms with E-state index in [0.29, 0.717) is 6.42 Å². The highest BCUT2D eigenvalue weighted by atomic mass is 32.2. The van der Waals surface area contributed by atoms with Crippen molar-refractivity contribution in [3.05, 3.63) is 0 Å². The molecule has 0 rings (SSSR count). The Balaban J connectivity index is 4.12. The first-order valence-electron chi connectivity index (χ1n) is 4.14. The SMILES string of the molecule is CCCC(OCC(C)O)S(=O)(=O)O. The van der Waals surface area contributed by atoms with Crippen molar-refractivity contribution in [1.82, 2.24) is 0 Å². The van der Waals surface area contributed by atoms with Crippen LogP contribution in [0.2, 0.25) is 0 Å². The first kappa shape index (κ1) is 12.8. The van der Waals surface area contributed by atoms with Crippen LogP contribution in [0.4, 0.5) is 0 Å². The van der Waals surface area contributed by atoms with Gasteiger partial charge in [0.1, 0.15) is 0 Å². The van der Waals surface area contributed by atoms with E-state index in [4.69, 9.17) is 14.4 Å². The van der Waals surface area contributed by atoms with Gasteiger partial charge in [-0.2, -0.15) is 8.42 Å². The second-order valence-electron chi connectivity index (χ2n) is 2.92. The van der Waals surface area contributed by atoms with Crippen LogP contribution in [0, 0.1) is 0 Å². The molecular weight excluding hydrogens is 196 g/mol. The van der Waals surface area contributed by atoms with Gasteiger partial charge >= 0.3 is 0 Å². The highest BCUT2D eigenvalue weighted by molar-refractivity contribution is 7.86. The molecule has 0 aromatic rings. The van der Waals surface area contributed by atoms with Gasteiger partial charge in [-0.25, -0.2) is 0 Å². The molecule has 80 valence electrons. The number of hydrogen-bond acceptors (Lipinski definition) is 4. The van der Waals surface area contributed by atoms with Gasteiger partial charge in [0.05, 0.1) is 12.7 Å². The van der Waals surface area contributed by atoms with E-state index in [1.54, 1.807) is 6.92 Å². The molecule has 2 atom stereocenters. The first-order chi connectivity index (χ1) is 5.88. The van der Waals surface area contributed by atoms with E-state index >= 15 is 0 Å². The molecule has 13 heavy (non-hydrogen) atoms. The summed E-state index contributed by atoms with van der Waals surface area (Å²) in [6.07, 6.45) is 0.0802. The molecule has 0 heterocycles. The monoisotopic (exact) mass is 212 g/mol. The first-order valence-corrected chi connectivity index (χ1v) is 5.64. The van der Waals surface area contributed by atoms with Crippen LogP contribution in [0.25, 0.3) is 0 Å². The minimum absolute atomic E-state index is 0.0928. The summed E-state index contributed by atoms with van der Waals surface area (Å²) in [6, 6.07) is 0. The van der Waals surface area contributed by atoms with Crippen molar-refractivity contribution < 1.29 is 22.8 Å². The number of ether oxygens (including phenoxy) is 1. The number of aliphatic hydroxyl groups is 1. The molecule has 0 aliphatic carbocycles. The normalized spacial score (nSPS) is 16.9. The van der Waals surface area contributed by atoms with E-state index in [0.717, 1.165) is 0 Å². The fourth-order valence-electron chi connectivity index (χ4n) is 0.801. The molecule has 0 radical (unpaired) electrons. The third kappa shape index (κ3) is 5.98. The van der Waals surface area contributed by atoms with E-state index in [1.165, 1.54) is 6.92 Å². The Bertz CT molecular complexity index is 221. The molecule has 5 nitrogen and oxygen atoms in total. The number of aliphatic hydroxyl groups excluding tert-OH is 1. The Labute approximate surface area is 78.5 Å². The van der Waals surface area contributed by atoms with Gasteiger partial charge in [0, 0.05) is 0 Å². The van der Waals surface area contributed by atoms with Crippen molar-refractivity contribution in [2.45, 2.75) is 38.2 Å². The molecule has 0 amide bonds. The van der Waals surface area contributed by atoms with E-state index in [9.17, 15) is 8.42 Å². The maximum atomic E-state index is 10.7. The summed E-state index contributed by atoms with van der Waals surface area (Å²) in [5.74, 6) is 0. The fraction of sp³-hybridized carbons (Fsp3) is 1.00. The molecule has 0 saturated heterocycles. The Kier molecular flexibility index (Phi) is 5.46. The van der Waals surface area contributed by atoms with Crippen LogP contribution < -0.4 is 0 Å². The molecule has 0 aliphatic heterocycles. The molecule has 0 fully saturated rings. The third-order valence-electron chi connectivity index (χ3n) is 1.38. The van der Waals surface area contributed by atoms with Crippen LogP contribution in [0.15, 0.2) is 0 Å². The molecule has 0 saturated carbocycles. The molecule has 2 N–H and O–H groups in total. The third-order valence-corrected chi connectivity index (χ3v) is 2.42. The van der Waals surface area contributed by atoms with Gasteiger partial charge in [0.25, 0.3) is 10.1 Å². The summed E-state index contributed by atoms with van der Waals surface area (Å²) < 4.78 is 34.9. The number of rotatable bonds is 6. The molecule has 0 bridgehead atoms. The van der Waals surface area contributed by atoms with Crippen molar-refractivity contribution in [3.63, 3.8) is 0 Å². The lowest BCUT2D eigenvalue weighted by Crippen LogP contribution is -2.27. The average molecular weight is 212 g/mol.